The summed E-state index contributed by atoms with van der Waals surface area (Å²) in [4.78, 5) is 27.2. The molecular formula is C31H29F3N2O3. The lowest BCUT2D eigenvalue weighted by Gasteiger charge is -2.26. The number of para-hydroxylation sites is 1. The van der Waals surface area contributed by atoms with E-state index in [4.69, 9.17) is 0 Å². The lowest BCUT2D eigenvalue weighted by atomic mass is 9.80. The SMILES string of the molecule is O=C(O)c1ccc(C2(NC(=O)c3cccc4c3N(Cc3ccc(C(F)(F)F)cc3)CC43CCCC3)CC2)cc1. The number of halogens is 3. The Balaban J connectivity index is 1.31. The van der Waals surface area contributed by atoms with Gasteiger partial charge in [0.05, 0.1) is 27.9 Å². The van der Waals surface area contributed by atoms with Crippen LogP contribution in [-0.4, -0.2) is 23.5 Å². The molecule has 0 atom stereocenters. The van der Waals surface area contributed by atoms with Crippen molar-refractivity contribution in [3.05, 3.63) is 100 Å². The molecule has 0 bridgehead atoms. The Labute approximate surface area is 224 Å². The van der Waals surface area contributed by atoms with E-state index in [1.807, 2.05) is 12.1 Å². The number of nitrogens with zero attached hydrogens (tertiary/aromatic N) is 1. The zero-order chi connectivity index (χ0) is 27.4. The summed E-state index contributed by atoms with van der Waals surface area (Å²) in [5.74, 6) is -1.19. The number of carboxylic acids is 1. The molecule has 0 unspecified atom stereocenters. The quantitative estimate of drug-likeness (QED) is 0.371. The Hall–Kier alpha value is -3.81. The van der Waals surface area contributed by atoms with Crippen molar-refractivity contribution in [3.8, 4) is 0 Å². The van der Waals surface area contributed by atoms with E-state index in [2.05, 4.69) is 16.3 Å². The molecule has 3 aliphatic rings. The minimum Gasteiger partial charge on any atom is -0.478 e. The Kier molecular flexibility index (Phi) is 5.97. The number of hydrogen-bond donors (Lipinski definition) is 2. The zero-order valence-electron chi connectivity index (χ0n) is 21.4. The summed E-state index contributed by atoms with van der Waals surface area (Å²) in [6, 6.07) is 17.7. The van der Waals surface area contributed by atoms with Crippen molar-refractivity contribution in [2.24, 2.45) is 0 Å². The van der Waals surface area contributed by atoms with Crippen LogP contribution in [0.2, 0.25) is 0 Å². The van der Waals surface area contributed by atoms with Gasteiger partial charge in [-0.05, 0) is 72.7 Å². The highest BCUT2D eigenvalue weighted by molar-refractivity contribution is 6.02. The van der Waals surface area contributed by atoms with Crippen molar-refractivity contribution in [3.63, 3.8) is 0 Å². The molecule has 202 valence electrons. The Bertz CT molecular complexity index is 1420. The number of nitrogens with one attached hydrogen (secondary N) is 1. The van der Waals surface area contributed by atoms with Gasteiger partial charge in [0.2, 0.25) is 0 Å². The molecule has 2 saturated carbocycles. The molecule has 0 radical (unpaired) electrons. The molecule has 1 aliphatic heterocycles. The number of carboxylic acid groups (broad SMARTS) is 1. The summed E-state index contributed by atoms with van der Waals surface area (Å²) in [5.41, 5.74) is 3.16. The number of carbonyl (C=O) groups excluding carboxylic acids is 1. The van der Waals surface area contributed by atoms with Crippen LogP contribution in [0, 0.1) is 0 Å². The molecule has 3 aromatic carbocycles. The van der Waals surface area contributed by atoms with Gasteiger partial charge in [-0.1, -0.05) is 49.2 Å². The van der Waals surface area contributed by atoms with Crippen LogP contribution in [0.1, 0.15) is 81.5 Å². The first-order chi connectivity index (χ1) is 18.6. The number of carbonyl (C=O) groups is 2. The van der Waals surface area contributed by atoms with Crippen molar-refractivity contribution in [2.45, 2.75) is 62.2 Å². The molecule has 8 heteroatoms. The predicted molar refractivity (Wildman–Crippen MR) is 141 cm³/mol. The number of hydrogen-bond acceptors (Lipinski definition) is 3. The van der Waals surface area contributed by atoms with E-state index in [1.165, 1.54) is 12.1 Å². The van der Waals surface area contributed by atoms with Gasteiger partial charge in [-0.15, -0.1) is 0 Å². The van der Waals surface area contributed by atoms with E-state index in [1.54, 1.807) is 24.3 Å². The fraction of sp³-hybridized carbons (Fsp3) is 0.355. The van der Waals surface area contributed by atoms with Gasteiger partial charge in [0.25, 0.3) is 5.91 Å². The van der Waals surface area contributed by atoms with Gasteiger partial charge < -0.3 is 15.3 Å². The second-order valence-corrected chi connectivity index (χ2v) is 11.2. The molecule has 6 rings (SSSR count). The molecule has 2 aliphatic carbocycles. The van der Waals surface area contributed by atoms with Crippen LogP contribution in [0.5, 0.6) is 0 Å². The predicted octanol–water partition coefficient (Wildman–Crippen LogP) is 6.65. The molecule has 3 aromatic rings. The van der Waals surface area contributed by atoms with Crippen molar-refractivity contribution < 1.29 is 27.9 Å². The number of aromatic carboxylic acids is 1. The maximum absolute atomic E-state index is 13.8. The average Bonchev–Trinajstić information content (AvgIpc) is 3.43. The second kappa shape index (κ2) is 9.14. The van der Waals surface area contributed by atoms with Gasteiger partial charge in [-0.2, -0.15) is 13.2 Å². The molecule has 1 amide bonds. The van der Waals surface area contributed by atoms with Crippen LogP contribution in [0.4, 0.5) is 18.9 Å². The van der Waals surface area contributed by atoms with Crippen LogP contribution in [0.15, 0.2) is 66.7 Å². The number of benzene rings is 3. The van der Waals surface area contributed by atoms with Crippen LogP contribution < -0.4 is 10.2 Å². The lowest BCUT2D eigenvalue weighted by Crippen LogP contribution is -2.36. The van der Waals surface area contributed by atoms with E-state index in [-0.39, 0.29) is 16.9 Å². The van der Waals surface area contributed by atoms with Gasteiger partial charge in [0, 0.05) is 18.5 Å². The number of fused-ring (bicyclic) bond motifs is 2. The first-order valence-corrected chi connectivity index (χ1v) is 13.3. The molecule has 0 saturated heterocycles. The van der Waals surface area contributed by atoms with Gasteiger partial charge in [0.15, 0.2) is 0 Å². The van der Waals surface area contributed by atoms with E-state index < -0.39 is 23.2 Å². The number of amides is 1. The third-order valence-electron chi connectivity index (χ3n) is 8.66. The average molecular weight is 535 g/mol. The number of anilines is 1. The summed E-state index contributed by atoms with van der Waals surface area (Å²) >= 11 is 0. The van der Waals surface area contributed by atoms with E-state index in [0.29, 0.717) is 12.1 Å². The normalized spacial score (nSPS) is 18.7. The molecule has 1 heterocycles. The summed E-state index contributed by atoms with van der Waals surface area (Å²) in [6.45, 7) is 1.15. The number of rotatable bonds is 6. The molecule has 2 N–H and O–H groups in total. The summed E-state index contributed by atoms with van der Waals surface area (Å²) < 4.78 is 39.3. The minimum atomic E-state index is -4.38. The highest BCUT2D eigenvalue weighted by Crippen LogP contribution is 2.52. The molecule has 5 nitrogen and oxygen atoms in total. The fourth-order valence-corrected chi connectivity index (χ4v) is 6.49. The monoisotopic (exact) mass is 534 g/mol. The minimum absolute atomic E-state index is 0.0541. The topological polar surface area (TPSA) is 69.6 Å². The summed E-state index contributed by atoms with van der Waals surface area (Å²) in [7, 11) is 0. The first kappa shape index (κ1) is 25.5. The first-order valence-electron chi connectivity index (χ1n) is 13.3. The van der Waals surface area contributed by atoms with Crippen LogP contribution >= 0.6 is 0 Å². The fourth-order valence-electron chi connectivity index (χ4n) is 6.49. The van der Waals surface area contributed by atoms with Crippen molar-refractivity contribution >= 4 is 17.6 Å². The molecule has 39 heavy (non-hydrogen) atoms. The van der Waals surface area contributed by atoms with Gasteiger partial charge in [-0.25, -0.2) is 4.79 Å². The zero-order valence-corrected chi connectivity index (χ0v) is 21.4. The van der Waals surface area contributed by atoms with Crippen molar-refractivity contribution in [1.82, 2.24) is 5.32 Å². The summed E-state index contributed by atoms with van der Waals surface area (Å²) in [6.07, 6.45) is 1.41. The van der Waals surface area contributed by atoms with Gasteiger partial charge in [0.1, 0.15) is 0 Å². The Morgan fingerprint density at radius 1 is 0.897 bits per heavy atom. The van der Waals surface area contributed by atoms with Gasteiger partial charge >= 0.3 is 12.1 Å². The highest BCUT2D eigenvalue weighted by atomic mass is 19.4. The van der Waals surface area contributed by atoms with Crippen LogP contribution in [0.3, 0.4) is 0 Å². The highest BCUT2D eigenvalue weighted by Gasteiger charge is 2.48. The van der Waals surface area contributed by atoms with Crippen molar-refractivity contribution in [2.75, 3.05) is 11.4 Å². The molecule has 1 spiro atoms. The standard InChI is InChI=1S/C31H29F3N2O3/c32-31(33,34)23-10-6-20(7-11-23)18-36-19-29(14-1-2-15-29)25-5-3-4-24(26(25)36)27(37)35-30(16-17-30)22-12-8-21(9-13-22)28(38)39/h3-13H,1-2,14-19H2,(H,35,37)(H,38,39). The van der Waals surface area contributed by atoms with Crippen LogP contribution in [0.25, 0.3) is 0 Å². The lowest BCUT2D eigenvalue weighted by molar-refractivity contribution is -0.137. The van der Waals surface area contributed by atoms with E-state index >= 15 is 0 Å². The molecule has 2 fully saturated rings. The van der Waals surface area contributed by atoms with E-state index in [0.717, 1.165) is 79.6 Å². The number of alkyl halides is 3. The largest absolute Gasteiger partial charge is 0.478 e. The van der Waals surface area contributed by atoms with E-state index in [9.17, 15) is 27.9 Å². The maximum Gasteiger partial charge on any atom is 0.416 e. The second-order valence-electron chi connectivity index (χ2n) is 11.2. The summed E-state index contributed by atoms with van der Waals surface area (Å²) in [5, 5.41) is 12.4. The Morgan fingerprint density at radius 2 is 1.56 bits per heavy atom. The van der Waals surface area contributed by atoms with Crippen molar-refractivity contribution in [1.29, 1.82) is 0 Å². The van der Waals surface area contributed by atoms with Gasteiger partial charge in [-0.3, -0.25) is 4.79 Å². The maximum atomic E-state index is 13.8. The Morgan fingerprint density at radius 3 is 2.15 bits per heavy atom. The molecule has 0 aromatic heterocycles. The molecular weight excluding hydrogens is 505 g/mol. The smallest absolute Gasteiger partial charge is 0.416 e. The van der Waals surface area contributed by atoms with Crippen LogP contribution in [-0.2, 0) is 23.7 Å². The third kappa shape index (κ3) is 4.56. The third-order valence-corrected chi connectivity index (χ3v) is 8.66.